The van der Waals surface area contributed by atoms with Crippen LogP contribution in [0.2, 0.25) is 0 Å². The fourth-order valence-corrected chi connectivity index (χ4v) is 4.71. The van der Waals surface area contributed by atoms with Gasteiger partial charge in [0.1, 0.15) is 30.3 Å². The van der Waals surface area contributed by atoms with Crippen LogP contribution in [0.5, 0.6) is 11.5 Å². The van der Waals surface area contributed by atoms with Crippen LogP contribution in [0.25, 0.3) is 11.0 Å². The molecule has 0 radical (unpaired) electrons. The predicted octanol–water partition coefficient (Wildman–Crippen LogP) is 7.20. The highest BCUT2D eigenvalue weighted by molar-refractivity contribution is 7.99. The third kappa shape index (κ3) is 5.85. The van der Waals surface area contributed by atoms with Crippen LogP contribution >= 0.6 is 11.8 Å². The van der Waals surface area contributed by atoms with Gasteiger partial charge in [-0.2, -0.15) is 5.26 Å². The molecular formula is C30H25N5O2S. The van der Waals surface area contributed by atoms with Gasteiger partial charge in [0, 0.05) is 21.6 Å². The van der Waals surface area contributed by atoms with Crippen molar-refractivity contribution >= 4 is 34.3 Å². The molecule has 8 heteroatoms. The van der Waals surface area contributed by atoms with Gasteiger partial charge in [-0.05, 0) is 72.1 Å². The first-order valence-electron chi connectivity index (χ1n) is 12.1. The van der Waals surface area contributed by atoms with Crippen LogP contribution in [-0.4, -0.2) is 20.1 Å². The molecule has 0 aliphatic heterocycles. The first kappa shape index (κ1) is 25.1. The van der Waals surface area contributed by atoms with Gasteiger partial charge >= 0.3 is 0 Å². The van der Waals surface area contributed by atoms with Gasteiger partial charge in [0.15, 0.2) is 5.65 Å². The number of phenolic OH excluding ortho intramolecular Hbond substituents is 1. The summed E-state index contributed by atoms with van der Waals surface area (Å²) in [5.74, 6) is 1.83. The molecule has 2 N–H and O–H groups in total. The lowest BCUT2D eigenvalue weighted by molar-refractivity contribution is 0.306. The minimum Gasteiger partial charge on any atom is -0.508 e. The molecule has 3 aromatic carbocycles. The monoisotopic (exact) mass is 519 g/mol. The average Bonchev–Trinajstić information content (AvgIpc) is 2.94. The molecule has 5 rings (SSSR count). The number of nitrogens with one attached hydrogen (secondary N) is 1. The molecular weight excluding hydrogens is 494 g/mol. The fourth-order valence-electron chi connectivity index (χ4n) is 3.83. The highest BCUT2D eigenvalue weighted by Crippen LogP contribution is 2.38. The van der Waals surface area contributed by atoms with Crippen LogP contribution in [0.15, 0.2) is 95.0 Å². The molecule has 7 nitrogen and oxygen atoms in total. The first-order chi connectivity index (χ1) is 18.5. The number of fused-ring (bicyclic) bond motifs is 1. The Bertz CT molecular complexity index is 1630. The minimum absolute atomic E-state index is 0.220. The maximum atomic E-state index is 9.67. The van der Waals surface area contributed by atoms with E-state index >= 15 is 0 Å². The predicted molar refractivity (Wildman–Crippen MR) is 149 cm³/mol. The standard InChI is InChI=1S/C30H25N5O2S/c1-19(2)26-12-11-25-29(34-26)32-18-33-30(25)35-27-15-23(37-17-21-5-3-4-20(14-21)16-31)8-13-28(27)38-24-9-6-22(36)7-10-24/h3-15,18-19,36H,17H2,1-2H3,(H,32,33,34,35). The Morgan fingerprint density at radius 2 is 1.84 bits per heavy atom. The van der Waals surface area contributed by atoms with E-state index < -0.39 is 0 Å². The van der Waals surface area contributed by atoms with E-state index in [9.17, 15) is 10.4 Å². The molecule has 188 valence electrons. The van der Waals surface area contributed by atoms with Crippen molar-refractivity contribution in [3.8, 4) is 17.6 Å². The SMILES string of the molecule is CC(C)c1ccc2c(Nc3cc(OCc4cccc(C#N)c4)ccc3Sc3ccc(O)cc3)ncnc2n1. The molecule has 2 heterocycles. The van der Waals surface area contributed by atoms with Crippen LogP contribution in [0.4, 0.5) is 11.5 Å². The van der Waals surface area contributed by atoms with Crippen molar-refractivity contribution in [1.29, 1.82) is 5.26 Å². The zero-order valence-electron chi connectivity index (χ0n) is 20.9. The van der Waals surface area contributed by atoms with Gasteiger partial charge in [0.05, 0.1) is 22.7 Å². The molecule has 0 atom stereocenters. The number of ether oxygens (including phenoxy) is 1. The van der Waals surface area contributed by atoms with E-state index in [1.165, 1.54) is 6.33 Å². The van der Waals surface area contributed by atoms with Crippen LogP contribution in [0.1, 0.15) is 36.6 Å². The highest BCUT2D eigenvalue weighted by Gasteiger charge is 2.13. The van der Waals surface area contributed by atoms with Crippen LogP contribution in [0, 0.1) is 11.3 Å². The summed E-state index contributed by atoms with van der Waals surface area (Å²) < 4.78 is 6.08. The molecule has 2 aromatic heterocycles. The molecule has 0 fully saturated rings. The van der Waals surface area contributed by atoms with Gasteiger partial charge in [0.25, 0.3) is 0 Å². The number of benzene rings is 3. The van der Waals surface area contributed by atoms with Crippen molar-refractivity contribution in [3.63, 3.8) is 0 Å². The van der Waals surface area contributed by atoms with Gasteiger partial charge in [-0.25, -0.2) is 15.0 Å². The van der Waals surface area contributed by atoms with Crippen LogP contribution in [0.3, 0.4) is 0 Å². The number of anilines is 2. The number of aromatic nitrogens is 3. The average molecular weight is 520 g/mol. The second-order valence-electron chi connectivity index (χ2n) is 8.96. The highest BCUT2D eigenvalue weighted by atomic mass is 32.2. The van der Waals surface area contributed by atoms with E-state index in [2.05, 4.69) is 35.2 Å². The normalized spacial score (nSPS) is 10.9. The molecule has 0 amide bonds. The molecule has 0 bridgehead atoms. The van der Waals surface area contributed by atoms with Crippen molar-refractivity contribution in [1.82, 2.24) is 15.0 Å². The first-order valence-corrected chi connectivity index (χ1v) is 12.9. The summed E-state index contributed by atoms with van der Waals surface area (Å²) in [5.41, 5.74) is 3.92. The Balaban J connectivity index is 1.47. The zero-order chi connectivity index (χ0) is 26.5. The van der Waals surface area contributed by atoms with Crippen LogP contribution in [-0.2, 0) is 6.61 Å². The third-order valence-electron chi connectivity index (χ3n) is 5.84. The largest absolute Gasteiger partial charge is 0.508 e. The quantitative estimate of drug-likeness (QED) is 0.222. The number of nitrogens with zero attached hydrogens (tertiary/aromatic N) is 4. The summed E-state index contributed by atoms with van der Waals surface area (Å²) in [6.07, 6.45) is 1.51. The van der Waals surface area contributed by atoms with Crippen molar-refractivity contribution < 1.29 is 9.84 Å². The Morgan fingerprint density at radius 1 is 1.00 bits per heavy atom. The maximum Gasteiger partial charge on any atom is 0.164 e. The van der Waals surface area contributed by atoms with Gasteiger partial charge < -0.3 is 15.2 Å². The number of nitriles is 1. The van der Waals surface area contributed by atoms with Crippen molar-refractivity contribution in [3.05, 3.63) is 102 Å². The summed E-state index contributed by atoms with van der Waals surface area (Å²) in [7, 11) is 0. The van der Waals surface area contributed by atoms with Gasteiger partial charge in [0.2, 0.25) is 0 Å². The second kappa shape index (κ2) is 11.2. The number of rotatable bonds is 8. The Labute approximate surface area is 225 Å². The van der Waals surface area contributed by atoms with Gasteiger partial charge in [-0.15, -0.1) is 0 Å². The lowest BCUT2D eigenvalue weighted by atomic mass is 10.1. The smallest absolute Gasteiger partial charge is 0.164 e. The van der Waals surface area contributed by atoms with Gasteiger partial charge in [-0.3, -0.25) is 0 Å². The number of hydrogen-bond donors (Lipinski definition) is 2. The minimum atomic E-state index is 0.220. The zero-order valence-corrected chi connectivity index (χ0v) is 21.7. The van der Waals surface area contributed by atoms with E-state index in [0.29, 0.717) is 35.3 Å². The van der Waals surface area contributed by atoms with E-state index in [-0.39, 0.29) is 5.75 Å². The lowest BCUT2D eigenvalue weighted by Gasteiger charge is -2.15. The van der Waals surface area contributed by atoms with Crippen molar-refractivity contribution in [2.75, 3.05) is 5.32 Å². The lowest BCUT2D eigenvalue weighted by Crippen LogP contribution is -2.01. The third-order valence-corrected chi connectivity index (χ3v) is 6.92. The number of aromatic hydroxyl groups is 1. The molecule has 5 aromatic rings. The number of hydrogen-bond acceptors (Lipinski definition) is 8. The number of phenols is 1. The van der Waals surface area contributed by atoms with Crippen LogP contribution < -0.4 is 10.1 Å². The topological polar surface area (TPSA) is 104 Å². The molecule has 0 saturated carbocycles. The summed E-state index contributed by atoms with van der Waals surface area (Å²) in [5, 5.41) is 23.1. The molecule has 0 spiro atoms. The Morgan fingerprint density at radius 3 is 2.63 bits per heavy atom. The summed E-state index contributed by atoms with van der Waals surface area (Å²) in [6.45, 7) is 4.53. The molecule has 0 aliphatic rings. The fraction of sp³-hybridized carbons (Fsp3) is 0.133. The molecule has 0 saturated heterocycles. The number of pyridine rings is 1. The summed E-state index contributed by atoms with van der Waals surface area (Å²) in [6, 6.07) is 26.4. The Hall–Kier alpha value is -4.61. The molecule has 0 unspecified atom stereocenters. The van der Waals surface area contributed by atoms with Crippen molar-refractivity contribution in [2.24, 2.45) is 0 Å². The molecule has 0 aliphatic carbocycles. The Kier molecular flexibility index (Phi) is 7.38. The van der Waals surface area contributed by atoms with E-state index in [0.717, 1.165) is 32.1 Å². The van der Waals surface area contributed by atoms with E-state index in [1.54, 1.807) is 30.0 Å². The van der Waals surface area contributed by atoms with E-state index in [1.807, 2.05) is 60.7 Å². The summed E-state index contributed by atoms with van der Waals surface area (Å²) >= 11 is 1.56. The van der Waals surface area contributed by atoms with Crippen molar-refractivity contribution in [2.45, 2.75) is 36.2 Å². The van der Waals surface area contributed by atoms with Gasteiger partial charge in [-0.1, -0.05) is 37.7 Å². The maximum absolute atomic E-state index is 9.67. The molecule has 38 heavy (non-hydrogen) atoms. The summed E-state index contributed by atoms with van der Waals surface area (Å²) in [4.78, 5) is 15.5. The van der Waals surface area contributed by atoms with E-state index in [4.69, 9.17) is 9.72 Å². The second-order valence-corrected chi connectivity index (χ2v) is 10.1.